The van der Waals surface area contributed by atoms with Crippen LogP contribution in [0.25, 0.3) is 22.2 Å². The molecule has 0 radical (unpaired) electrons. The van der Waals surface area contributed by atoms with Crippen LogP contribution in [0.5, 0.6) is 0 Å². The summed E-state index contributed by atoms with van der Waals surface area (Å²) in [5.74, 6) is -4.18. The lowest BCUT2D eigenvalue weighted by Gasteiger charge is -2.13. The number of benzene rings is 3. The van der Waals surface area contributed by atoms with Gasteiger partial charge in [0.05, 0.1) is 27.2 Å². The zero-order valence-corrected chi connectivity index (χ0v) is 21.4. The number of halogens is 5. The number of ether oxygens (including phenoxy) is 1. The highest BCUT2D eigenvalue weighted by molar-refractivity contribution is 6.34. The predicted octanol–water partition coefficient (Wildman–Crippen LogP) is 5.67. The smallest absolute Gasteiger partial charge is 0.417 e. The fraction of sp³-hybridized carbons (Fsp3) is 0.185. The number of amides is 1. The van der Waals surface area contributed by atoms with Crippen molar-refractivity contribution in [2.24, 2.45) is 0 Å². The van der Waals surface area contributed by atoms with Gasteiger partial charge in [-0.3, -0.25) is 9.59 Å². The third kappa shape index (κ3) is 5.68. The van der Waals surface area contributed by atoms with Gasteiger partial charge in [0.25, 0.3) is 11.8 Å². The summed E-state index contributed by atoms with van der Waals surface area (Å²) < 4.78 is 61.9. The highest BCUT2D eigenvalue weighted by Gasteiger charge is 2.37. The zero-order chi connectivity index (χ0) is 29.2. The molecular weight excluding hydrogens is 558 g/mol. The molecule has 1 heterocycles. The van der Waals surface area contributed by atoms with Crippen molar-refractivity contribution in [2.75, 3.05) is 20.3 Å². The molecule has 1 amide bonds. The Hall–Kier alpha value is -4.29. The molecule has 0 bridgehead atoms. The second kappa shape index (κ2) is 11.4. The summed E-state index contributed by atoms with van der Waals surface area (Å²) in [6.07, 6.45) is -4.42. The molecule has 4 aromatic rings. The maximum atomic E-state index is 15.0. The average Bonchev–Trinajstić information content (AvgIpc) is 3.28. The summed E-state index contributed by atoms with van der Waals surface area (Å²) in [5, 5.41) is 15.6. The number of hydrogen-bond donors (Lipinski definition) is 2. The summed E-state index contributed by atoms with van der Waals surface area (Å²) in [5.41, 5.74) is -2.96. The molecule has 13 heteroatoms. The monoisotopic (exact) mass is 577 g/mol. The largest absolute Gasteiger partial charge is 0.478 e. The van der Waals surface area contributed by atoms with Gasteiger partial charge in [0.2, 0.25) is 0 Å². The van der Waals surface area contributed by atoms with Crippen LogP contribution in [0.2, 0.25) is 5.02 Å². The first kappa shape index (κ1) is 28.7. The first-order valence-corrected chi connectivity index (χ1v) is 12.1. The molecule has 1 aromatic heterocycles. The third-order valence-electron chi connectivity index (χ3n) is 5.95. The third-order valence-corrected chi connectivity index (χ3v) is 6.27. The van der Waals surface area contributed by atoms with Gasteiger partial charge in [-0.1, -0.05) is 17.7 Å². The van der Waals surface area contributed by atoms with E-state index in [1.54, 1.807) is 0 Å². The highest BCUT2D eigenvalue weighted by Crippen LogP contribution is 2.37. The fourth-order valence-corrected chi connectivity index (χ4v) is 4.31. The first-order chi connectivity index (χ1) is 18.9. The van der Waals surface area contributed by atoms with Crippen LogP contribution in [-0.4, -0.2) is 52.9 Å². The van der Waals surface area contributed by atoms with Crippen LogP contribution in [0.4, 0.5) is 17.6 Å². The number of rotatable bonds is 8. The summed E-state index contributed by atoms with van der Waals surface area (Å²) in [7, 11) is 1.51. The van der Waals surface area contributed by atoms with Gasteiger partial charge in [-0.2, -0.15) is 23.0 Å². The molecule has 0 fully saturated rings. The normalized spacial score (nSPS) is 11.6. The molecule has 0 aliphatic rings. The number of nitrogens with one attached hydrogen (secondary N) is 1. The molecule has 40 heavy (non-hydrogen) atoms. The van der Waals surface area contributed by atoms with E-state index >= 15 is 4.39 Å². The minimum absolute atomic E-state index is 0.0577. The van der Waals surface area contributed by atoms with Gasteiger partial charge in [-0.15, -0.1) is 0 Å². The standard InChI is InChI=1S/C27H20ClF4N3O5/c1-40-11-3-10-33-24(36)14-6-9-17-21(13-14)35(25(37)22-18(27(30,31)32)4-2-5-19(22)28)34-23(17)16-8-7-15(26(38)39)12-20(16)29/h2,4-9,12-13H,3,10-11H2,1H3,(H,33,36)(H,38,39). The van der Waals surface area contributed by atoms with Crippen molar-refractivity contribution in [1.82, 2.24) is 15.1 Å². The molecule has 8 nitrogen and oxygen atoms in total. The highest BCUT2D eigenvalue weighted by atomic mass is 35.5. The maximum absolute atomic E-state index is 15.0. The Morgan fingerprint density at radius 3 is 2.45 bits per heavy atom. The number of carbonyl (C=O) groups excluding carboxylic acids is 2. The van der Waals surface area contributed by atoms with Gasteiger partial charge in [0, 0.05) is 36.8 Å². The lowest BCUT2D eigenvalue weighted by atomic mass is 10.0. The Bertz CT molecular complexity index is 1630. The van der Waals surface area contributed by atoms with E-state index in [-0.39, 0.29) is 39.8 Å². The van der Waals surface area contributed by atoms with E-state index in [9.17, 15) is 27.6 Å². The molecule has 3 aromatic carbocycles. The number of carboxylic acids is 1. The molecule has 0 saturated heterocycles. The van der Waals surface area contributed by atoms with E-state index in [1.807, 2.05) is 0 Å². The molecule has 0 unspecified atom stereocenters. The van der Waals surface area contributed by atoms with E-state index in [2.05, 4.69) is 10.4 Å². The number of carboxylic acid groups (broad SMARTS) is 1. The minimum atomic E-state index is -4.94. The first-order valence-electron chi connectivity index (χ1n) is 11.7. The number of nitrogens with zero attached hydrogens (tertiary/aromatic N) is 2. The molecule has 0 spiro atoms. The molecule has 208 valence electrons. The molecule has 0 aliphatic carbocycles. The average molecular weight is 578 g/mol. The molecule has 0 atom stereocenters. The summed E-state index contributed by atoms with van der Waals surface area (Å²) in [6.45, 7) is 0.666. The van der Waals surface area contributed by atoms with Crippen LogP contribution in [0.15, 0.2) is 54.6 Å². The summed E-state index contributed by atoms with van der Waals surface area (Å²) in [6, 6.07) is 9.83. The van der Waals surface area contributed by atoms with Crippen LogP contribution in [0, 0.1) is 5.82 Å². The number of alkyl halides is 3. The molecular formula is C27H20ClF4N3O5. The van der Waals surface area contributed by atoms with Gasteiger partial charge < -0.3 is 15.2 Å². The van der Waals surface area contributed by atoms with Gasteiger partial charge >= 0.3 is 12.1 Å². The number of carbonyl (C=O) groups is 3. The summed E-state index contributed by atoms with van der Waals surface area (Å²) in [4.78, 5) is 37.5. The van der Waals surface area contributed by atoms with Crippen LogP contribution in [0.3, 0.4) is 0 Å². The number of methoxy groups -OCH3 is 1. The van der Waals surface area contributed by atoms with Crippen molar-refractivity contribution in [3.05, 3.63) is 87.7 Å². The van der Waals surface area contributed by atoms with Gasteiger partial charge in [0.1, 0.15) is 11.5 Å². The van der Waals surface area contributed by atoms with Crippen LogP contribution in [-0.2, 0) is 10.9 Å². The molecule has 2 N–H and O–H groups in total. The number of aromatic carboxylic acids is 1. The van der Waals surface area contributed by atoms with E-state index in [0.717, 1.165) is 30.3 Å². The Balaban J connectivity index is 1.91. The number of aromatic nitrogens is 2. The lowest BCUT2D eigenvalue weighted by Crippen LogP contribution is -2.25. The second-order valence-corrected chi connectivity index (χ2v) is 8.97. The number of hydrogen-bond acceptors (Lipinski definition) is 5. The van der Waals surface area contributed by atoms with Crippen molar-refractivity contribution in [2.45, 2.75) is 12.6 Å². The Labute approximate surface area is 229 Å². The zero-order valence-electron chi connectivity index (χ0n) is 20.7. The van der Waals surface area contributed by atoms with Gasteiger partial charge in [-0.25, -0.2) is 9.18 Å². The van der Waals surface area contributed by atoms with Crippen molar-refractivity contribution in [1.29, 1.82) is 0 Å². The van der Waals surface area contributed by atoms with Crippen molar-refractivity contribution in [3.8, 4) is 11.3 Å². The second-order valence-electron chi connectivity index (χ2n) is 8.56. The summed E-state index contributed by atoms with van der Waals surface area (Å²) >= 11 is 6.04. The van der Waals surface area contributed by atoms with Crippen molar-refractivity contribution in [3.63, 3.8) is 0 Å². The lowest BCUT2D eigenvalue weighted by molar-refractivity contribution is -0.137. The molecule has 0 aliphatic heterocycles. The Morgan fingerprint density at radius 1 is 1.07 bits per heavy atom. The van der Waals surface area contributed by atoms with E-state index in [0.29, 0.717) is 23.8 Å². The fourth-order valence-electron chi connectivity index (χ4n) is 4.05. The van der Waals surface area contributed by atoms with Crippen LogP contribution >= 0.6 is 11.6 Å². The van der Waals surface area contributed by atoms with E-state index in [4.69, 9.17) is 21.4 Å². The van der Waals surface area contributed by atoms with E-state index < -0.39 is 45.9 Å². The van der Waals surface area contributed by atoms with Gasteiger partial charge in [0.15, 0.2) is 0 Å². The minimum Gasteiger partial charge on any atom is -0.478 e. The van der Waals surface area contributed by atoms with E-state index in [1.165, 1.54) is 25.3 Å². The van der Waals surface area contributed by atoms with Crippen LogP contribution < -0.4 is 5.32 Å². The molecule has 4 rings (SSSR count). The predicted molar refractivity (Wildman–Crippen MR) is 137 cm³/mol. The van der Waals surface area contributed by atoms with Crippen LogP contribution in [0.1, 0.15) is 43.1 Å². The topological polar surface area (TPSA) is 111 Å². The molecule has 0 saturated carbocycles. The Kier molecular flexibility index (Phi) is 8.21. The van der Waals surface area contributed by atoms with Crippen molar-refractivity contribution >= 4 is 40.3 Å². The Morgan fingerprint density at radius 2 is 1.80 bits per heavy atom. The SMILES string of the molecule is COCCCNC(=O)c1ccc2c(-c3ccc(C(=O)O)cc3F)nn(C(=O)c3c(Cl)cccc3C(F)(F)F)c2c1. The van der Waals surface area contributed by atoms with Gasteiger partial charge in [-0.05, 0) is 55.0 Å². The maximum Gasteiger partial charge on any atom is 0.417 e. The van der Waals surface area contributed by atoms with Crippen molar-refractivity contribution < 1.29 is 41.8 Å². The quantitative estimate of drug-likeness (QED) is 0.206. The number of fused-ring (bicyclic) bond motifs is 1.